The van der Waals surface area contributed by atoms with Gasteiger partial charge in [-0.15, -0.1) is 0 Å². The molecule has 7 heteroatoms. The molecule has 0 unspecified atom stereocenters. The molecule has 4 saturated carbocycles. The van der Waals surface area contributed by atoms with Gasteiger partial charge in [0, 0.05) is 24.3 Å². The number of esters is 1. The van der Waals surface area contributed by atoms with Gasteiger partial charge in [0.1, 0.15) is 12.4 Å². The minimum Gasteiger partial charge on any atom is -0.462 e. The standard InChI is InChI=1S/C28H38O7/c1-3-4-24(31)35-19-7-12-26(17-29)21-8-11-25(2)20(18-5-6-23(30)34-16-18)10-14-28(25,33)22(21)9-13-27(26,32)15-19/h5-6,16-17,19-22,32-33H,3-4,7-15H2,1-2H3/t19-,20+,21-,22+,25+,26-,27-,28-/m0/s1. The third kappa shape index (κ3) is 3.48. The number of carbonyl (C=O) groups excluding carboxylic acids is 2. The molecule has 5 rings (SSSR count). The molecule has 192 valence electrons. The van der Waals surface area contributed by atoms with Crippen molar-refractivity contribution in [1.29, 1.82) is 0 Å². The fraction of sp³-hybridized carbons (Fsp3) is 0.750. The molecule has 0 spiro atoms. The summed E-state index contributed by atoms with van der Waals surface area (Å²) in [4.78, 5) is 36.4. The molecule has 2 N–H and O–H groups in total. The third-order valence-corrected chi connectivity index (χ3v) is 10.6. The van der Waals surface area contributed by atoms with E-state index in [1.165, 1.54) is 12.3 Å². The van der Waals surface area contributed by atoms with Gasteiger partial charge in [-0.1, -0.05) is 13.8 Å². The topological polar surface area (TPSA) is 114 Å². The summed E-state index contributed by atoms with van der Waals surface area (Å²) in [5.41, 5.74) is -2.97. The van der Waals surface area contributed by atoms with Crippen LogP contribution in [0.25, 0.3) is 0 Å². The Labute approximate surface area is 206 Å². The van der Waals surface area contributed by atoms with Gasteiger partial charge in [-0.3, -0.25) is 4.79 Å². The first kappa shape index (κ1) is 24.7. The Bertz CT molecular complexity index is 1030. The van der Waals surface area contributed by atoms with Gasteiger partial charge < -0.3 is 24.2 Å². The Kier molecular flexibility index (Phi) is 6.03. The molecule has 35 heavy (non-hydrogen) atoms. The van der Waals surface area contributed by atoms with Crippen molar-refractivity contribution in [3.8, 4) is 0 Å². The Morgan fingerprint density at radius 2 is 1.89 bits per heavy atom. The Morgan fingerprint density at radius 1 is 1.11 bits per heavy atom. The largest absolute Gasteiger partial charge is 0.462 e. The molecule has 0 aliphatic heterocycles. The summed E-state index contributed by atoms with van der Waals surface area (Å²) < 4.78 is 10.8. The number of carbonyl (C=O) groups is 2. The summed E-state index contributed by atoms with van der Waals surface area (Å²) in [5, 5.41) is 24.2. The van der Waals surface area contributed by atoms with Crippen molar-refractivity contribution < 1.29 is 29.0 Å². The van der Waals surface area contributed by atoms with E-state index in [0.717, 1.165) is 31.1 Å². The summed E-state index contributed by atoms with van der Waals surface area (Å²) >= 11 is 0. The van der Waals surface area contributed by atoms with Crippen LogP contribution in [0.4, 0.5) is 0 Å². The van der Waals surface area contributed by atoms with Crippen molar-refractivity contribution in [2.75, 3.05) is 0 Å². The second kappa shape index (κ2) is 8.55. The highest BCUT2D eigenvalue weighted by atomic mass is 16.5. The average Bonchev–Trinajstić information content (AvgIpc) is 3.10. The van der Waals surface area contributed by atoms with Crippen LogP contribution in [-0.4, -0.2) is 39.8 Å². The zero-order chi connectivity index (χ0) is 25.1. The van der Waals surface area contributed by atoms with Crippen molar-refractivity contribution >= 4 is 12.3 Å². The van der Waals surface area contributed by atoms with Crippen molar-refractivity contribution in [3.63, 3.8) is 0 Å². The lowest BCUT2D eigenvalue weighted by Crippen LogP contribution is -2.68. The zero-order valence-corrected chi connectivity index (χ0v) is 20.8. The van der Waals surface area contributed by atoms with Gasteiger partial charge in [-0.25, -0.2) is 4.79 Å². The van der Waals surface area contributed by atoms with Crippen molar-refractivity contribution in [3.05, 3.63) is 34.4 Å². The van der Waals surface area contributed by atoms with Gasteiger partial charge in [0.25, 0.3) is 0 Å². The second-order valence-electron chi connectivity index (χ2n) is 11.9. The highest BCUT2D eigenvalue weighted by molar-refractivity contribution is 5.69. The third-order valence-electron chi connectivity index (χ3n) is 10.6. The fourth-order valence-corrected chi connectivity index (χ4v) is 8.78. The Hall–Kier alpha value is -1.99. The molecule has 1 aromatic rings. The van der Waals surface area contributed by atoms with Crippen LogP contribution in [0.2, 0.25) is 0 Å². The minimum absolute atomic E-state index is 0.0690. The monoisotopic (exact) mass is 486 g/mol. The Balaban J connectivity index is 1.43. The molecule has 4 aliphatic rings. The van der Waals surface area contributed by atoms with Crippen LogP contribution in [0.1, 0.15) is 96.0 Å². The van der Waals surface area contributed by atoms with Gasteiger partial charge >= 0.3 is 11.6 Å². The maximum Gasteiger partial charge on any atom is 0.335 e. The number of fused-ring (bicyclic) bond motifs is 5. The van der Waals surface area contributed by atoms with Gasteiger partial charge in [0.15, 0.2) is 0 Å². The van der Waals surface area contributed by atoms with Crippen LogP contribution < -0.4 is 5.63 Å². The highest BCUT2D eigenvalue weighted by Crippen LogP contribution is 2.71. The summed E-state index contributed by atoms with van der Waals surface area (Å²) in [7, 11) is 0. The number of rotatable bonds is 5. The molecule has 1 aromatic heterocycles. The van der Waals surface area contributed by atoms with E-state index in [1.807, 2.05) is 13.0 Å². The van der Waals surface area contributed by atoms with Gasteiger partial charge in [0.05, 0.1) is 22.9 Å². The van der Waals surface area contributed by atoms with E-state index >= 15 is 0 Å². The maximum atomic E-state index is 12.8. The molecule has 1 heterocycles. The van der Waals surface area contributed by atoms with Crippen LogP contribution in [0.15, 0.2) is 27.6 Å². The van der Waals surface area contributed by atoms with Crippen molar-refractivity contribution in [1.82, 2.24) is 0 Å². The smallest absolute Gasteiger partial charge is 0.335 e. The minimum atomic E-state index is -1.23. The zero-order valence-electron chi connectivity index (χ0n) is 20.8. The molecule has 7 nitrogen and oxygen atoms in total. The molecular weight excluding hydrogens is 448 g/mol. The van der Waals surface area contributed by atoms with Crippen LogP contribution in [0, 0.1) is 22.7 Å². The quantitative estimate of drug-likeness (QED) is 0.479. The van der Waals surface area contributed by atoms with E-state index in [9.17, 15) is 24.6 Å². The molecule has 0 aromatic carbocycles. The molecule has 0 amide bonds. The summed E-state index contributed by atoms with van der Waals surface area (Å²) in [6.45, 7) is 4.07. The average molecular weight is 487 g/mol. The molecule has 4 fully saturated rings. The van der Waals surface area contributed by atoms with Crippen LogP contribution in [0.5, 0.6) is 0 Å². The molecular formula is C28H38O7. The maximum absolute atomic E-state index is 12.8. The molecule has 4 aliphatic carbocycles. The van der Waals surface area contributed by atoms with Gasteiger partial charge in [-0.2, -0.15) is 0 Å². The molecule has 0 bridgehead atoms. The van der Waals surface area contributed by atoms with E-state index in [0.29, 0.717) is 44.9 Å². The van der Waals surface area contributed by atoms with Crippen LogP contribution >= 0.6 is 0 Å². The first-order chi connectivity index (χ1) is 16.6. The van der Waals surface area contributed by atoms with E-state index < -0.39 is 22.0 Å². The lowest BCUT2D eigenvalue weighted by atomic mass is 9.41. The van der Waals surface area contributed by atoms with Gasteiger partial charge in [0.2, 0.25) is 0 Å². The summed E-state index contributed by atoms with van der Waals surface area (Å²) in [6.07, 6.45) is 8.45. The highest BCUT2D eigenvalue weighted by Gasteiger charge is 2.71. The van der Waals surface area contributed by atoms with Crippen LogP contribution in [0.3, 0.4) is 0 Å². The fourth-order valence-electron chi connectivity index (χ4n) is 8.78. The van der Waals surface area contributed by atoms with E-state index in [2.05, 4.69) is 6.92 Å². The second-order valence-corrected chi connectivity index (χ2v) is 11.9. The van der Waals surface area contributed by atoms with Crippen LogP contribution in [-0.2, 0) is 14.3 Å². The number of aldehydes is 1. The lowest BCUT2D eigenvalue weighted by Gasteiger charge is -2.65. The van der Waals surface area contributed by atoms with E-state index in [1.54, 1.807) is 0 Å². The van der Waals surface area contributed by atoms with E-state index in [4.69, 9.17) is 9.15 Å². The molecule has 0 saturated heterocycles. The molecule has 0 radical (unpaired) electrons. The first-order valence-electron chi connectivity index (χ1n) is 13.3. The van der Waals surface area contributed by atoms with Gasteiger partial charge in [-0.05, 0) is 87.2 Å². The predicted octanol–water partition coefficient (Wildman–Crippen LogP) is 3.89. The number of hydrogen-bond donors (Lipinski definition) is 2. The first-order valence-corrected chi connectivity index (χ1v) is 13.3. The predicted molar refractivity (Wildman–Crippen MR) is 128 cm³/mol. The van der Waals surface area contributed by atoms with Crippen molar-refractivity contribution in [2.45, 2.75) is 108 Å². The SMILES string of the molecule is CCCC(=O)O[C@H]1CC[C@]2(C=O)[C@H]3CC[C@]4(C)[C@@H](c5ccc(=O)oc5)CC[C@]4(O)[C@@H]3CC[C@]2(O)C1. The van der Waals surface area contributed by atoms with E-state index in [-0.39, 0.29) is 41.9 Å². The Morgan fingerprint density at radius 3 is 2.57 bits per heavy atom. The summed E-state index contributed by atoms with van der Waals surface area (Å²) in [5.74, 6) is -0.382. The normalized spacial score (nSPS) is 44.6. The number of hydrogen-bond acceptors (Lipinski definition) is 7. The number of ether oxygens (including phenoxy) is 1. The molecule has 8 atom stereocenters. The lowest BCUT2D eigenvalue weighted by molar-refractivity contribution is -0.248. The summed E-state index contributed by atoms with van der Waals surface area (Å²) in [6, 6.07) is 3.25. The number of aliphatic hydroxyl groups is 2. The van der Waals surface area contributed by atoms with Crippen molar-refractivity contribution in [2.24, 2.45) is 22.7 Å².